The summed E-state index contributed by atoms with van der Waals surface area (Å²) >= 11 is 0. The van der Waals surface area contributed by atoms with Crippen LogP contribution in [-0.4, -0.2) is 23.1 Å². The fourth-order valence-corrected chi connectivity index (χ4v) is 4.01. The summed E-state index contributed by atoms with van der Waals surface area (Å²) in [6.07, 6.45) is 2.50. The highest BCUT2D eigenvalue weighted by Gasteiger charge is 2.12. The molecule has 6 aromatic rings. The number of fused-ring (bicyclic) bond motifs is 6. The molecule has 0 aliphatic heterocycles. The number of hydrogen-bond acceptors (Lipinski definition) is 6. The normalized spacial score (nSPS) is 11.6. The number of nitrogens with one attached hydrogen (secondary N) is 2. The zero-order chi connectivity index (χ0) is 20.6. The van der Waals surface area contributed by atoms with Crippen LogP contribution < -0.4 is 10.6 Å². The Hall–Kier alpha value is -4.06. The van der Waals surface area contributed by atoms with Crippen molar-refractivity contribution in [1.29, 1.82) is 0 Å². The molecule has 3 aromatic heterocycles. The van der Waals surface area contributed by atoms with Gasteiger partial charge < -0.3 is 19.5 Å². The minimum atomic E-state index is 0.701. The Morgan fingerprint density at radius 1 is 0.677 bits per heavy atom. The first-order chi connectivity index (χ1) is 15.4. The summed E-state index contributed by atoms with van der Waals surface area (Å²) in [5.74, 6) is 0.727. The van der Waals surface area contributed by atoms with Crippen LogP contribution in [0.1, 0.15) is 6.42 Å². The van der Waals surface area contributed by atoms with Crippen molar-refractivity contribution in [3.05, 3.63) is 73.1 Å². The van der Waals surface area contributed by atoms with Crippen molar-refractivity contribution in [3.63, 3.8) is 0 Å². The molecule has 6 nitrogen and oxygen atoms in total. The monoisotopic (exact) mass is 408 g/mol. The van der Waals surface area contributed by atoms with Gasteiger partial charge >= 0.3 is 0 Å². The number of rotatable bonds is 6. The molecule has 31 heavy (non-hydrogen) atoms. The van der Waals surface area contributed by atoms with Crippen molar-refractivity contribution in [3.8, 4) is 0 Å². The average molecular weight is 408 g/mol. The van der Waals surface area contributed by atoms with E-state index < -0.39 is 0 Å². The van der Waals surface area contributed by atoms with Gasteiger partial charge in [0.15, 0.2) is 11.4 Å². The Morgan fingerprint density at radius 2 is 1.42 bits per heavy atom. The first-order valence-corrected chi connectivity index (χ1v) is 10.4. The molecule has 0 saturated heterocycles. The number of hydrogen-bond donors (Lipinski definition) is 2. The van der Waals surface area contributed by atoms with E-state index in [0.717, 1.165) is 69.4 Å². The summed E-state index contributed by atoms with van der Waals surface area (Å²) in [5.41, 5.74) is 5.23. The highest BCUT2D eigenvalue weighted by molar-refractivity contribution is 6.06. The quantitative estimate of drug-likeness (QED) is 0.320. The van der Waals surface area contributed by atoms with Gasteiger partial charge in [-0.15, -0.1) is 0 Å². The van der Waals surface area contributed by atoms with Crippen molar-refractivity contribution in [2.45, 2.75) is 6.42 Å². The first kappa shape index (κ1) is 17.8. The fraction of sp³-hybridized carbons (Fsp3) is 0.120. The van der Waals surface area contributed by atoms with Crippen LogP contribution in [0.3, 0.4) is 0 Å². The van der Waals surface area contributed by atoms with E-state index in [0.29, 0.717) is 5.58 Å². The third-order valence-corrected chi connectivity index (χ3v) is 5.51. The lowest BCUT2D eigenvalue weighted by Gasteiger charge is -2.08. The van der Waals surface area contributed by atoms with Gasteiger partial charge in [0, 0.05) is 41.0 Å². The molecule has 0 amide bonds. The largest absolute Gasteiger partial charge is 0.456 e. The van der Waals surface area contributed by atoms with Gasteiger partial charge in [0.2, 0.25) is 0 Å². The van der Waals surface area contributed by atoms with Crippen LogP contribution in [0, 0.1) is 0 Å². The van der Waals surface area contributed by atoms with E-state index in [9.17, 15) is 0 Å². The second kappa shape index (κ2) is 7.32. The molecule has 0 aliphatic rings. The average Bonchev–Trinajstić information content (AvgIpc) is 3.37. The fourth-order valence-electron chi connectivity index (χ4n) is 4.01. The molecule has 6 rings (SSSR count). The highest BCUT2D eigenvalue weighted by atomic mass is 16.3. The summed E-state index contributed by atoms with van der Waals surface area (Å²) in [6, 6.07) is 22.3. The third kappa shape index (κ3) is 3.13. The van der Waals surface area contributed by atoms with Crippen molar-refractivity contribution in [2.24, 2.45) is 0 Å². The minimum absolute atomic E-state index is 0.701. The number of para-hydroxylation sites is 2. The predicted molar refractivity (Wildman–Crippen MR) is 125 cm³/mol. The maximum Gasteiger partial charge on any atom is 0.196 e. The predicted octanol–water partition coefficient (Wildman–Crippen LogP) is 6.19. The van der Waals surface area contributed by atoms with Crippen LogP contribution in [-0.2, 0) is 0 Å². The van der Waals surface area contributed by atoms with Gasteiger partial charge in [-0.05, 0) is 36.8 Å². The molecule has 0 spiro atoms. The van der Waals surface area contributed by atoms with Gasteiger partial charge in [0.05, 0.1) is 0 Å². The summed E-state index contributed by atoms with van der Waals surface area (Å²) < 4.78 is 11.9. The topological polar surface area (TPSA) is 76.1 Å². The standard InChI is InChI=1S/C25H20N4O2/c1-3-8-20-17(6-1)18-11-10-16(14-22(18)30-20)26-12-5-13-27-25-24-23(28-15-29-25)19-7-2-4-9-21(19)31-24/h1-4,6-11,14-15,26H,5,12-13H2,(H,27,28,29). The lowest BCUT2D eigenvalue weighted by molar-refractivity contribution is 0.666. The Balaban J connectivity index is 1.11. The van der Waals surface area contributed by atoms with E-state index >= 15 is 0 Å². The molecule has 2 N–H and O–H groups in total. The Labute approximate surface area is 177 Å². The molecule has 6 heteroatoms. The minimum Gasteiger partial charge on any atom is -0.456 e. The summed E-state index contributed by atoms with van der Waals surface area (Å²) in [4.78, 5) is 8.75. The van der Waals surface area contributed by atoms with Gasteiger partial charge in [-0.1, -0.05) is 30.3 Å². The summed E-state index contributed by atoms with van der Waals surface area (Å²) in [7, 11) is 0. The Bertz CT molecular complexity index is 1530. The van der Waals surface area contributed by atoms with E-state index in [-0.39, 0.29) is 0 Å². The van der Waals surface area contributed by atoms with Crippen LogP contribution >= 0.6 is 0 Å². The van der Waals surface area contributed by atoms with Crippen LogP contribution in [0.2, 0.25) is 0 Å². The van der Waals surface area contributed by atoms with Crippen LogP contribution in [0.5, 0.6) is 0 Å². The van der Waals surface area contributed by atoms with Crippen LogP contribution in [0.4, 0.5) is 11.5 Å². The first-order valence-electron chi connectivity index (χ1n) is 10.4. The molecule has 0 radical (unpaired) electrons. The molecule has 0 bridgehead atoms. The van der Waals surface area contributed by atoms with Crippen molar-refractivity contribution < 1.29 is 8.83 Å². The second-order valence-electron chi connectivity index (χ2n) is 7.51. The molecule has 0 saturated carbocycles. The van der Waals surface area contributed by atoms with E-state index in [4.69, 9.17) is 8.83 Å². The second-order valence-corrected chi connectivity index (χ2v) is 7.51. The SMILES string of the molecule is c1ccc2c(c1)oc1cc(NCCCNc3ncnc4c3oc3ccccc34)ccc12. The molecule has 0 aliphatic carbocycles. The summed E-state index contributed by atoms with van der Waals surface area (Å²) in [5, 5.41) is 10.1. The zero-order valence-electron chi connectivity index (χ0n) is 16.8. The number of aromatic nitrogens is 2. The summed E-state index contributed by atoms with van der Waals surface area (Å²) in [6.45, 7) is 1.59. The van der Waals surface area contributed by atoms with Gasteiger partial charge in [0.25, 0.3) is 0 Å². The lowest BCUT2D eigenvalue weighted by atomic mass is 10.1. The van der Waals surface area contributed by atoms with Gasteiger partial charge in [0.1, 0.15) is 28.6 Å². The van der Waals surface area contributed by atoms with E-state index in [2.05, 4.69) is 44.9 Å². The molecule has 3 aromatic carbocycles. The third-order valence-electron chi connectivity index (χ3n) is 5.51. The van der Waals surface area contributed by atoms with Crippen molar-refractivity contribution in [2.75, 3.05) is 23.7 Å². The van der Waals surface area contributed by atoms with E-state index in [1.54, 1.807) is 6.33 Å². The zero-order valence-corrected chi connectivity index (χ0v) is 16.8. The Kier molecular flexibility index (Phi) is 4.20. The van der Waals surface area contributed by atoms with Gasteiger partial charge in [-0.25, -0.2) is 9.97 Å². The molecule has 0 atom stereocenters. The van der Waals surface area contributed by atoms with Crippen LogP contribution in [0.25, 0.3) is 44.0 Å². The van der Waals surface area contributed by atoms with Gasteiger partial charge in [-0.3, -0.25) is 0 Å². The van der Waals surface area contributed by atoms with E-state index in [1.807, 2.05) is 42.5 Å². The highest BCUT2D eigenvalue weighted by Crippen LogP contribution is 2.31. The molecule has 3 heterocycles. The van der Waals surface area contributed by atoms with Crippen molar-refractivity contribution >= 4 is 55.5 Å². The number of nitrogens with zero attached hydrogens (tertiary/aromatic N) is 2. The molecular weight excluding hydrogens is 388 g/mol. The van der Waals surface area contributed by atoms with Crippen LogP contribution in [0.15, 0.2) is 81.9 Å². The number of furan rings is 2. The van der Waals surface area contributed by atoms with Gasteiger partial charge in [-0.2, -0.15) is 0 Å². The lowest BCUT2D eigenvalue weighted by Crippen LogP contribution is -2.10. The molecule has 0 fully saturated rings. The number of benzene rings is 3. The smallest absolute Gasteiger partial charge is 0.196 e. The number of anilines is 2. The van der Waals surface area contributed by atoms with Crippen molar-refractivity contribution in [1.82, 2.24) is 9.97 Å². The molecule has 0 unspecified atom stereocenters. The maximum atomic E-state index is 5.97. The Morgan fingerprint density at radius 3 is 2.32 bits per heavy atom. The molecular formula is C25H20N4O2. The van der Waals surface area contributed by atoms with E-state index in [1.165, 1.54) is 0 Å². The maximum absolute atomic E-state index is 5.97. The molecule has 152 valence electrons.